The molecule has 0 spiro atoms. The molecule has 1 aromatic carbocycles. The van der Waals surface area contributed by atoms with E-state index < -0.39 is 16.1 Å². The Hall–Kier alpha value is -2.24. The molecule has 0 aliphatic carbocycles. The minimum absolute atomic E-state index is 0.0951. The lowest BCUT2D eigenvalue weighted by molar-refractivity contribution is -0.115. The smallest absolute Gasteiger partial charge is 0.270 e. The van der Waals surface area contributed by atoms with Crippen molar-refractivity contribution in [2.45, 2.75) is 30.6 Å². The summed E-state index contributed by atoms with van der Waals surface area (Å²) in [5.74, 6) is 0.807. The van der Waals surface area contributed by atoms with Gasteiger partial charge in [-0.25, -0.2) is 13.1 Å². The Labute approximate surface area is 155 Å². The van der Waals surface area contributed by atoms with Crippen LogP contribution in [0.25, 0.3) is 0 Å². The largest absolute Gasteiger partial charge is 0.493 e. The van der Waals surface area contributed by atoms with E-state index in [0.717, 1.165) is 11.3 Å². The van der Waals surface area contributed by atoms with Crippen molar-refractivity contribution in [1.29, 1.82) is 0 Å². The average Bonchev–Trinajstić information content (AvgIpc) is 3.09. The monoisotopic (exact) mass is 400 g/mol. The third-order valence-corrected chi connectivity index (χ3v) is 5.91. The molecule has 0 saturated heterocycles. The van der Waals surface area contributed by atoms with E-state index in [1.165, 1.54) is 7.11 Å². The lowest BCUT2D eigenvalue weighted by Gasteiger charge is -2.15. The van der Waals surface area contributed by atoms with E-state index in [1.54, 1.807) is 32.0 Å². The highest BCUT2D eigenvalue weighted by Crippen LogP contribution is 2.26. The van der Waals surface area contributed by atoms with Crippen molar-refractivity contribution in [3.63, 3.8) is 0 Å². The summed E-state index contributed by atoms with van der Waals surface area (Å²) in [6, 6.07) is 6.55. The molecule has 0 fully saturated rings. The molecule has 9 nitrogen and oxygen atoms in total. The Kier molecular flexibility index (Phi) is 6.89. The zero-order chi connectivity index (χ0) is 19.2. The predicted molar refractivity (Wildman–Crippen MR) is 97.1 cm³/mol. The number of carbonyl (C=O) groups is 1. The molecule has 1 atom stereocenters. The van der Waals surface area contributed by atoms with E-state index >= 15 is 0 Å². The molecule has 142 valence electrons. The normalized spacial score (nSPS) is 12.4. The maximum absolute atomic E-state index is 12.3. The quantitative estimate of drug-likeness (QED) is 0.614. The van der Waals surface area contributed by atoms with E-state index in [1.807, 2.05) is 6.07 Å². The van der Waals surface area contributed by atoms with Gasteiger partial charge in [-0.2, -0.15) is 0 Å². The number of carbonyl (C=O) groups excluding carboxylic acids is 1. The molecule has 1 aromatic heterocycles. The van der Waals surface area contributed by atoms with Gasteiger partial charge in [-0.05, 0) is 19.1 Å². The number of aromatic nitrogens is 2. The van der Waals surface area contributed by atoms with Crippen molar-refractivity contribution in [2.75, 3.05) is 19.0 Å². The number of ether oxygens (including phenoxy) is 2. The highest BCUT2D eigenvalue weighted by atomic mass is 32.2. The fourth-order valence-electron chi connectivity index (χ4n) is 1.88. The molecule has 11 heteroatoms. The molecular formula is C15H20N4O5S2. The van der Waals surface area contributed by atoms with Crippen LogP contribution in [0.1, 0.15) is 20.3 Å². The highest BCUT2D eigenvalue weighted by Gasteiger charge is 2.23. The van der Waals surface area contributed by atoms with Crippen LogP contribution in [0.2, 0.25) is 0 Å². The molecule has 1 heterocycles. The number of anilines is 1. The second kappa shape index (κ2) is 8.92. The summed E-state index contributed by atoms with van der Waals surface area (Å²) in [7, 11) is -2.34. The number of rotatable bonds is 9. The first-order valence-corrected chi connectivity index (χ1v) is 10.1. The second-order valence-corrected chi connectivity index (χ2v) is 8.12. The van der Waals surface area contributed by atoms with Crippen LogP contribution in [-0.4, -0.2) is 44.3 Å². The number of sulfonamides is 1. The van der Waals surface area contributed by atoms with Gasteiger partial charge in [0.15, 0.2) is 11.5 Å². The minimum atomic E-state index is -3.87. The van der Waals surface area contributed by atoms with Gasteiger partial charge in [-0.1, -0.05) is 30.4 Å². The highest BCUT2D eigenvalue weighted by molar-refractivity contribution is 7.91. The Morgan fingerprint density at radius 1 is 1.27 bits per heavy atom. The van der Waals surface area contributed by atoms with Gasteiger partial charge in [0.1, 0.15) is 6.61 Å². The number of hydrogen-bond acceptors (Lipinski definition) is 8. The van der Waals surface area contributed by atoms with Crippen LogP contribution < -0.4 is 19.5 Å². The van der Waals surface area contributed by atoms with Crippen LogP contribution in [0.4, 0.5) is 5.13 Å². The molecule has 0 saturated carbocycles. The van der Waals surface area contributed by atoms with Crippen LogP contribution in [0.3, 0.4) is 0 Å². The van der Waals surface area contributed by atoms with Crippen LogP contribution >= 0.6 is 11.3 Å². The number of benzene rings is 1. The van der Waals surface area contributed by atoms with Gasteiger partial charge in [0.2, 0.25) is 15.4 Å². The molecule has 0 bridgehead atoms. The summed E-state index contributed by atoms with van der Waals surface area (Å²) >= 11 is 0.781. The van der Waals surface area contributed by atoms with Gasteiger partial charge >= 0.3 is 0 Å². The Balaban J connectivity index is 1.97. The van der Waals surface area contributed by atoms with Crippen molar-refractivity contribution in [1.82, 2.24) is 14.9 Å². The van der Waals surface area contributed by atoms with Crippen LogP contribution in [0.15, 0.2) is 28.6 Å². The zero-order valence-corrected chi connectivity index (χ0v) is 16.2. The predicted octanol–water partition coefficient (Wildman–Crippen LogP) is 1.64. The molecule has 2 N–H and O–H groups in total. The molecule has 1 amide bonds. The first kappa shape index (κ1) is 20.1. The average molecular weight is 400 g/mol. The van der Waals surface area contributed by atoms with Crippen LogP contribution in [-0.2, 0) is 14.8 Å². The molecular weight excluding hydrogens is 380 g/mol. The molecule has 0 radical (unpaired) electrons. The van der Waals surface area contributed by atoms with E-state index in [0.29, 0.717) is 11.5 Å². The first-order chi connectivity index (χ1) is 12.4. The topological polar surface area (TPSA) is 120 Å². The molecule has 0 aliphatic heterocycles. The summed E-state index contributed by atoms with van der Waals surface area (Å²) in [6.07, 6.45) is 0.261. The third-order valence-electron chi connectivity index (χ3n) is 3.12. The van der Waals surface area contributed by atoms with Gasteiger partial charge in [-0.15, -0.1) is 10.2 Å². The first-order valence-electron chi connectivity index (χ1n) is 7.77. The van der Waals surface area contributed by atoms with Gasteiger partial charge in [0, 0.05) is 6.42 Å². The zero-order valence-electron chi connectivity index (χ0n) is 14.6. The standard InChI is InChI=1S/C15H20N4O5S2/c1-4-13(20)16-14-17-18-15(25-14)26(21,22)19-10(2)9-24-12-8-6-5-7-11(12)23-3/h5-8,10,19H,4,9H2,1-3H3,(H,16,17,20)/t10-/m0/s1. The third kappa shape index (κ3) is 5.38. The van der Waals surface area contributed by atoms with E-state index in [9.17, 15) is 13.2 Å². The summed E-state index contributed by atoms with van der Waals surface area (Å²) in [5.41, 5.74) is 0. The number of para-hydroxylation sites is 2. The lowest BCUT2D eigenvalue weighted by Crippen LogP contribution is -2.36. The molecule has 26 heavy (non-hydrogen) atoms. The van der Waals surface area contributed by atoms with Crippen molar-refractivity contribution >= 4 is 32.4 Å². The van der Waals surface area contributed by atoms with Crippen LogP contribution in [0.5, 0.6) is 11.5 Å². The minimum Gasteiger partial charge on any atom is -0.493 e. The van der Waals surface area contributed by atoms with E-state index in [-0.39, 0.29) is 28.4 Å². The van der Waals surface area contributed by atoms with E-state index in [4.69, 9.17) is 9.47 Å². The maximum atomic E-state index is 12.3. The van der Waals surface area contributed by atoms with Gasteiger partial charge in [0.05, 0.1) is 13.2 Å². The fraction of sp³-hybridized carbons (Fsp3) is 0.400. The van der Waals surface area contributed by atoms with Crippen molar-refractivity contribution in [2.24, 2.45) is 0 Å². The van der Waals surface area contributed by atoms with Crippen molar-refractivity contribution in [3.05, 3.63) is 24.3 Å². The Bertz CT molecular complexity index is 853. The number of nitrogens with one attached hydrogen (secondary N) is 2. The molecule has 0 unspecified atom stereocenters. The molecule has 2 aromatic rings. The SMILES string of the molecule is CCC(=O)Nc1nnc(S(=O)(=O)N[C@@H](C)COc2ccccc2OC)s1. The second-order valence-electron chi connectivity index (χ2n) is 5.26. The maximum Gasteiger partial charge on any atom is 0.270 e. The number of amides is 1. The molecule has 0 aliphatic rings. The summed E-state index contributed by atoms with van der Waals surface area (Å²) in [5, 5.41) is 9.89. The molecule has 2 rings (SSSR count). The Morgan fingerprint density at radius 2 is 1.96 bits per heavy atom. The van der Waals surface area contributed by atoms with Gasteiger partial charge in [0.25, 0.3) is 10.0 Å². The van der Waals surface area contributed by atoms with Crippen molar-refractivity contribution in [3.8, 4) is 11.5 Å². The van der Waals surface area contributed by atoms with Crippen molar-refractivity contribution < 1.29 is 22.7 Å². The number of methoxy groups -OCH3 is 1. The fourth-order valence-corrected chi connectivity index (χ4v) is 4.04. The number of hydrogen-bond donors (Lipinski definition) is 2. The van der Waals surface area contributed by atoms with Gasteiger partial charge < -0.3 is 14.8 Å². The number of nitrogens with zero attached hydrogens (tertiary/aromatic N) is 2. The summed E-state index contributed by atoms with van der Waals surface area (Å²) in [4.78, 5) is 11.3. The van der Waals surface area contributed by atoms with Crippen LogP contribution in [0, 0.1) is 0 Å². The van der Waals surface area contributed by atoms with E-state index in [2.05, 4.69) is 20.2 Å². The Morgan fingerprint density at radius 3 is 2.62 bits per heavy atom. The summed E-state index contributed by atoms with van der Waals surface area (Å²) in [6.45, 7) is 3.44. The lowest BCUT2D eigenvalue weighted by atomic mass is 10.3. The summed E-state index contributed by atoms with van der Waals surface area (Å²) < 4.78 is 37.7. The van der Waals surface area contributed by atoms with Gasteiger partial charge in [-0.3, -0.25) is 4.79 Å².